The molecule has 0 saturated carbocycles. The minimum absolute atomic E-state index is 0.0896. The Balaban J connectivity index is 2.31. The average molecular weight is 295 g/mol. The summed E-state index contributed by atoms with van der Waals surface area (Å²) in [5.74, 6) is -0.886. The zero-order chi connectivity index (χ0) is 15.4. The van der Waals surface area contributed by atoms with Gasteiger partial charge in [0.2, 0.25) is 0 Å². The molecule has 0 N–H and O–H groups in total. The number of carbonyl (C=O) groups is 1. The molecule has 0 spiro atoms. The van der Waals surface area contributed by atoms with Crippen LogP contribution < -0.4 is 0 Å². The van der Waals surface area contributed by atoms with E-state index in [-0.39, 0.29) is 13.2 Å². The molecular formula is C14H15F2N3O2. The van der Waals surface area contributed by atoms with Gasteiger partial charge in [0.25, 0.3) is 6.43 Å². The number of halogens is 2. The molecule has 0 aliphatic heterocycles. The molecule has 0 amide bonds. The van der Waals surface area contributed by atoms with Crippen LogP contribution in [0.25, 0.3) is 0 Å². The fraction of sp³-hybridized carbons (Fsp3) is 0.357. The number of alkyl halides is 2. The maximum absolute atomic E-state index is 13.2. The number of carbonyl (C=O) groups excluding carboxylic acids is 1. The summed E-state index contributed by atoms with van der Waals surface area (Å²) in [6, 6.07) is 7.38. The lowest BCUT2D eigenvalue weighted by Crippen LogP contribution is -2.12. The maximum Gasteiger partial charge on any atom is 0.361 e. The Labute approximate surface area is 120 Å². The standard InChI is InChI=1S/C14H15F2N3O2/c1-3-21-14(20)11-12(13(15)16)19(18-17-11)8-10-6-4-9(2)5-7-10/h4-7,13H,3,8H2,1-2H3. The molecule has 0 aliphatic rings. The van der Waals surface area contributed by atoms with E-state index in [2.05, 4.69) is 10.3 Å². The lowest BCUT2D eigenvalue weighted by molar-refractivity contribution is 0.0506. The van der Waals surface area contributed by atoms with Crippen molar-refractivity contribution in [2.24, 2.45) is 0 Å². The van der Waals surface area contributed by atoms with Crippen LogP contribution in [0, 0.1) is 6.92 Å². The number of esters is 1. The van der Waals surface area contributed by atoms with Crippen molar-refractivity contribution in [3.05, 3.63) is 46.8 Å². The highest BCUT2D eigenvalue weighted by Crippen LogP contribution is 2.23. The van der Waals surface area contributed by atoms with Crippen molar-refractivity contribution >= 4 is 5.97 Å². The smallest absolute Gasteiger partial charge is 0.361 e. The summed E-state index contributed by atoms with van der Waals surface area (Å²) in [4.78, 5) is 11.6. The summed E-state index contributed by atoms with van der Waals surface area (Å²) in [5, 5.41) is 7.17. The third-order valence-electron chi connectivity index (χ3n) is 2.90. The molecule has 21 heavy (non-hydrogen) atoms. The minimum Gasteiger partial charge on any atom is -0.461 e. The molecule has 0 radical (unpaired) electrons. The van der Waals surface area contributed by atoms with Gasteiger partial charge in [0.1, 0.15) is 5.69 Å². The molecule has 2 rings (SSSR count). The SMILES string of the molecule is CCOC(=O)c1nnn(Cc2ccc(C)cc2)c1C(F)F. The van der Waals surface area contributed by atoms with E-state index in [0.717, 1.165) is 15.8 Å². The van der Waals surface area contributed by atoms with Crippen LogP contribution in [0.5, 0.6) is 0 Å². The summed E-state index contributed by atoms with van der Waals surface area (Å²) < 4.78 is 32.1. The van der Waals surface area contributed by atoms with Gasteiger partial charge in [0, 0.05) is 0 Å². The highest BCUT2D eigenvalue weighted by atomic mass is 19.3. The van der Waals surface area contributed by atoms with Crippen molar-refractivity contribution in [1.82, 2.24) is 15.0 Å². The molecule has 7 heteroatoms. The van der Waals surface area contributed by atoms with Gasteiger partial charge in [0.15, 0.2) is 5.69 Å². The highest BCUT2D eigenvalue weighted by Gasteiger charge is 2.27. The van der Waals surface area contributed by atoms with E-state index in [4.69, 9.17) is 4.74 Å². The van der Waals surface area contributed by atoms with Crippen molar-refractivity contribution in [2.75, 3.05) is 6.61 Å². The molecule has 0 unspecified atom stereocenters. The zero-order valence-electron chi connectivity index (χ0n) is 11.7. The molecule has 0 bridgehead atoms. The van der Waals surface area contributed by atoms with Gasteiger partial charge < -0.3 is 4.74 Å². The predicted octanol–water partition coefficient (Wildman–Crippen LogP) is 2.75. The van der Waals surface area contributed by atoms with Crippen LogP contribution in [-0.4, -0.2) is 27.6 Å². The Hall–Kier alpha value is -2.31. The Morgan fingerprint density at radius 1 is 1.33 bits per heavy atom. The molecule has 0 fully saturated rings. The van der Waals surface area contributed by atoms with Gasteiger partial charge >= 0.3 is 5.97 Å². The fourth-order valence-electron chi connectivity index (χ4n) is 1.86. The molecule has 5 nitrogen and oxygen atoms in total. The molecule has 0 atom stereocenters. The van der Waals surface area contributed by atoms with E-state index in [1.54, 1.807) is 6.92 Å². The fourth-order valence-corrected chi connectivity index (χ4v) is 1.86. The van der Waals surface area contributed by atoms with Crippen molar-refractivity contribution in [2.45, 2.75) is 26.8 Å². The number of rotatable bonds is 5. The van der Waals surface area contributed by atoms with Crippen LogP contribution in [0.4, 0.5) is 8.78 Å². The Kier molecular flexibility index (Phi) is 4.62. The average Bonchev–Trinajstić information content (AvgIpc) is 2.85. The van der Waals surface area contributed by atoms with Gasteiger partial charge in [-0.1, -0.05) is 35.0 Å². The third-order valence-corrected chi connectivity index (χ3v) is 2.90. The number of aryl methyl sites for hydroxylation is 1. The summed E-state index contributed by atoms with van der Waals surface area (Å²) in [6.45, 7) is 3.73. The second-order valence-corrected chi connectivity index (χ2v) is 4.49. The van der Waals surface area contributed by atoms with Crippen LogP contribution in [0.1, 0.15) is 40.7 Å². The molecular weight excluding hydrogens is 280 g/mol. The van der Waals surface area contributed by atoms with Crippen LogP contribution in [0.15, 0.2) is 24.3 Å². The molecule has 1 heterocycles. The van der Waals surface area contributed by atoms with Crippen molar-refractivity contribution < 1.29 is 18.3 Å². The first-order valence-electron chi connectivity index (χ1n) is 6.47. The topological polar surface area (TPSA) is 57.0 Å². The number of benzene rings is 1. The van der Waals surface area contributed by atoms with E-state index in [1.165, 1.54) is 0 Å². The lowest BCUT2D eigenvalue weighted by atomic mass is 10.1. The van der Waals surface area contributed by atoms with E-state index in [1.807, 2.05) is 31.2 Å². The van der Waals surface area contributed by atoms with E-state index in [0.29, 0.717) is 0 Å². The first kappa shape index (κ1) is 15.1. The van der Waals surface area contributed by atoms with Gasteiger partial charge in [-0.25, -0.2) is 18.3 Å². The quantitative estimate of drug-likeness (QED) is 0.796. The predicted molar refractivity (Wildman–Crippen MR) is 71.2 cm³/mol. The maximum atomic E-state index is 13.2. The van der Waals surface area contributed by atoms with Crippen LogP contribution in [0.3, 0.4) is 0 Å². The van der Waals surface area contributed by atoms with E-state index in [9.17, 15) is 13.6 Å². The Bertz CT molecular complexity index is 624. The number of hydrogen-bond donors (Lipinski definition) is 0. The summed E-state index contributed by atoms with van der Waals surface area (Å²) in [7, 11) is 0. The van der Waals surface area contributed by atoms with Gasteiger partial charge in [-0.3, -0.25) is 0 Å². The second-order valence-electron chi connectivity index (χ2n) is 4.49. The van der Waals surface area contributed by atoms with E-state index >= 15 is 0 Å². The van der Waals surface area contributed by atoms with Gasteiger partial charge in [-0.2, -0.15) is 0 Å². The Morgan fingerprint density at radius 2 is 2.00 bits per heavy atom. The highest BCUT2D eigenvalue weighted by molar-refractivity contribution is 5.88. The third kappa shape index (κ3) is 3.42. The minimum atomic E-state index is -2.86. The zero-order valence-corrected chi connectivity index (χ0v) is 11.7. The number of aromatic nitrogens is 3. The number of ether oxygens (including phenoxy) is 1. The number of hydrogen-bond acceptors (Lipinski definition) is 4. The van der Waals surface area contributed by atoms with Gasteiger partial charge in [-0.05, 0) is 19.4 Å². The molecule has 1 aromatic carbocycles. The molecule has 112 valence electrons. The monoisotopic (exact) mass is 295 g/mol. The van der Waals surface area contributed by atoms with Gasteiger partial charge in [-0.15, -0.1) is 5.10 Å². The first-order chi connectivity index (χ1) is 10.0. The second kappa shape index (κ2) is 6.43. The van der Waals surface area contributed by atoms with Crippen LogP contribution in [-0.2, 0) is 11.3 Å². The largest absolute Gasteiger partial charge is 0.461 e. The van der Waals surface area contributed by atoms with Crippen molar-refractivity contribution in [3.63, 3.8) is 0 Å². The van der Waals surface area contributed by atoms with Crippen molar-refractivity contribution in [1.29, 1.82) is 0 Å². The summed E-state index contributed by atoms with van der Waals surface area (Å²) in [6.07, 6.45) is -2.86. The first-order valence-corrected chi connectivity index (χ1v) is 6.47. The lowest BCUT2D eigenvalue weighted by Gasteiger charge is -2.07. The summed E-state index contributed by atoms with van der Waals surface area (Å²) >= 11 is 0. The van der Waals surface area contributed by atoms with Gasteiger partial charge in [0.05, 0.1) is 13.2 Å². The molecule has 1 aromatic heterocycles. The molecule has 0 aliphatic carbocycles. The number of nitrogens with zero attached hydrogens (tertiary/aromatic N) is 3. The molecule has 2 aromatic rings. The van der Waals surface area contributed by atoms with Crippen LogP contribution >= 0.6 is 0 Å². The normalized spacial score (nSPS) is 10.9. The Morgan fingerprint density at radius 3 is 2.57 bits per heavy atom. The van der Waals surface area contributed by atoms with Crippen molar-refractivity contribution in [3.8, 4) is 0 Å². The van der Waals surface area contributed by atoms with Crippen LogP contribution in [0.2, 0.25) is 0 Å². The molecule has 0 saturated heterocycles. The summed E-state index contributed by atoms with van der Waals surface area (Å²) in [5.41, 5.74) is 0.912. The van der Waals surface area contributed by atoms with E-state index < -0.39 is 23.8 Å².